The fourth-order valence-corrected chi connectivity index (χ4v) is 2.71. The molecule has 0 aromatic heterocycles. The highest BCUT2D eigenvalue weighted by Gasteiger charge is 2.33. The smallest absolute Gasteiger partial charge is 0.387 e. The Morgan fingerprint density at radius 2 is 2.00 bits per heavy atom. The predicted octanol–water partition coefficient (Wildman–Crippen LogP) is 2.97. The summed E-state index contributed by atoms with van der Waals surface area (Å²) in [5.41, 5.74) is 5.89. The van der Waals surface area contributed by atoms with Crippen LogP contribution in [0.1, 0.15) is 25.7 Å². The Morgan fingerprint density at radius 3 is 2.57 bits per heavy atom. The Kier molecular flexibility index (Phi) is 4.82. The molecule has 0 spiro atoms. The second-order valence-corrected chi connectivity index (χ2v) is 5.47. The standard InChI is InChI=1S/C14H19F3N2O2/c15-9-5-10(18)11(6-12(9)21-13(16)17)19-7-14(8-20)3-1-2-4-14/h5-6,13,19-20H,1-4,7-8,18H2. The molecule has 0 saturated heterocycles. The first kappa shape index (κ1) is 15.8. The van der Waals surface area contributed by atoms with E-state index in [9.17, 15) is 18.3 Å². The van der Waals surface area contributed by atoms with Crippen LogP contribution in [0.3, 0.4) is 0 Å². The van der Waals surface area contributed by atoms with Crippen molar-refractivity contribution in [2.24, 2.45) is 5.41 Å². The van der Waals surface area contributed by atoms with Crippen LogP contribution in [0, 0.1) is 11.2 Å². The Hall–Kier alpha value is -1.63. The molecule has 0 aliphatic heterocycles. The number of anilines is 2. The van der Waals surface area contributed by atoms with Gasteiger partial charge >= 0.3 is 6.61 Å². The van der Waals surface area contributed by atoms with Gasteiger partial charge in [0.15, 0.2) is 11.6 Å². The van der Waals surface area contributed by atoms with Crippen molar-refractivity contribution in [2.45, 2.75) is 32.3 Å². The van der Waals surface area contributed by atoms with E-state index in [0.717, 1.165) is 37.8 Å². The van der Waals surface area contributed by atoms with Gasteiger partial charge in [-0.2, -0.15) is 8.78 Å². The van der Waals surface area contributed by atoms with Crippen molar-refractivity contribution in [3.63, 3.8) is 0 Å². The number of aliphatic hydroxyl groups excluding tert-OH is 1. The summed E-state index contributed by atoms with van der Waals surface area (Å²) in [7, 11) is 0. The zero-order valence-corrected chi connectivity index (χ0v) is 11.5. The SMILES string of the molecule is Nc1cc(F)c(OC(F)F)cc1NCC1(CO)CCCC1. The molecule has 2 rings (SSSR count). The lowest BCUT2D eigenvalue weighted by atomic mass is 9.87. The van der Waals surface area contributed by atoms with Crippen LogP contribution in [-0.2, 0) is 0 Å². The van der Waals surface area contributed by atoms with Gasteiger partial charge in [0.1, 0.15) is 0 Å². The van der Waals surface area contributed by atoms with Crippen molar-refractivity contribution in [1.82, 2.24) is 0 Å². The van der Waals surface area contributed by atoms with Gasteiger partial charge in [-0.25, -0.2) is 4.39 Å². The van der Waals surface area contributed by atoms with Crippen LogP contribution < -0.4 is 15.8 Å². The molecule has 118 valence electrons. The van der Waals surface area contributed by atoms with Crippen LogP contribution in [-0.4, -0.2) is 24.9 Å². The summed E-state index contributed by atoms with van der Waals surface area (Å²) in [4.78, 5) is 0. The molecule has 0 radical (unpaired) electrons. The highest BCUT2D eigenvalue weighted by molar-refractivity contribution is 5.68. The molecule has 4 nitrogen and oxygen atoms in total. The minimum Gasteiger partial charge on any atom is -0.432 e. The number of rotatable bonds is 6. The van der Waals surface area contributed by atoms with Crippen molar-refractivity contribution < 1.29 is 23.0 Å². The first-order valence-corrected chi connectivity index (χ1v) is 6.84. The number of halogens is 3. The predicted molar refractivity (Wildman–Crippen MR) is 73.9 cm³/mol. The largest absolute Gasteiger partial charge is 0.432 e. The van der Waals surface area contributed by atoms with Crippen molar-refractivity contribution >= 4 is 11.4 Å². The van der Waals surface area contributed by atoms with E-state index in [1.54, 1.807) is 0 Å². The molecule has 1 aliphatic rings. The van der Waals surface area contributed by atoms with E-state index in [2.05, 4.69) is 10.1 Å². The maximum absolute atomic E-state index is 13.5. The average molecular weight is 304 g/mol. The maximum Gasteiger partial charge on any atom is 0.387 e. The fourth-order valence-electron chi connectivity index (χ4n) is 2.71. The molecule has 1 aromatic carbocycles. The lowest BCUT2D eigenvalue weighted by Gasteiger charge is -2.27. The monoisotopic (exact) mass is 304 g/mol. The van der Waals surface area contributed by atoms with E-state index < -0.39 is 18.2 Å². The lowest BCUT2D eigenvalue weighted by molar-refractivity contribution is -0.0521. The number of hydrogen-bond donors (Lipinski definition) is 3. The molecule has 21 heavy (non-hydrogen) atoms. The number of aliphatic hydroxyl groups is 1. The summed E-state index contributed by atoms with van der Waals surface area (Å²) < 4.78 is 42.0. The topological polar surface area (TPSA) is 67.5 Å². The van der Waals surface area contributed by atoms with Crippen molar-refractivity contribution in [3.8, 4) is 5.75 Å². The van der Waals surface area contributed by atoms with E-state index in [-0.39, 0.29) is 17.7 Å². The molecule has 4 N–H and O–H groups in total. The molecule has 1 aliphatic carbocycles. The normalized spacial score (nSPS) is 17.2. The average Bonchev–Trinajstić information content (AvgIpc) is 2.89. The number of alkyl halides is 2. The van der Waals surface area contributed by atoms with Gasteiger partial charge < -0.3 is 20.9 Å². The quantitative estimate of drug-likeness (QED) is 0.707. The number of benzene rings is 1. The van der Waals surface area contributed by atoms with Gasteiger partial charge in [0.05, 0.1) is 18.0 Å². The lowest BCUT2D eigenvalue weighted by Crippen LogP contribution is -2.30. The number of nitrogens with two attached hydrogens (primary N) is 1. The molecular formula is C14H19F3N2O2. The van der Waals surface area contributed by atoms with Gasteiger partial charge in [-0.05, 0) is 12.8 Å². The second kappa shape index (κ2) is 6.43. The van der Waals surface area contributed by atoms with Crippen LogP contribution in [0.5, 0.6) is 5.75 Å². The van der Waals surface area contributed by atoms with E-state index in [1.165, 1.54) is 0 Å². The second-order valence-electron chi connectivity index (χ2n) is 5.47. The van der Waals surface area contributed by atoms with Crippen LogP contribution in [0.4, 0.5) is 24.5 Å². The third-order valence-electron chi connectivity index (χ3n) is 3.97. The van der Waals surface area contributed by atoms with Gasteiger partial charge in [0.25, 0.3) is 0 Å². The highest BCUT2D eigenvalue weighted by atomic mass is 19.3. The minimum atomic E-state index is -3.10. The van der Waals surface area contributed by atoms with Gasteiger partial charge in [0, 0.05) is 24.1 Å². The minimum absolute atomic E-state index is 0.0431. The Morgan fingerprint density at radius 1 is 1.33 bits per heavy atom. The summed E-state index contributed by atoms with van der Waals surface area (Å²) in [5, 5.41) is 12.5. The van der Waals surface area contributed by atoms with Crippen molar-refractivity contribution in [1.29, 1.82) is 0 Å². The molecular weight excluding hydrogens is 285 g/mol. The first-order chi connectivity index (χ1) is 9.96. The van der Waals surface area contributed by atoms with E-state index in [4.69, 9.17) is 5.73 Å². The Bertz CT molecular complexity index is 491. The molecule has 0 unspecified atom stereocenters. The molecule has 0 bridgehead atoms. The summed E-state index contributed by atoms with van der Waals surface area (Å²) in [5.74, 6) is -1.48. The molecule has 7 heteroatoms. The fraction of sp³-hybridized carbons (Fsp3) is 0.571. The van der Waals surface area contributed by atoms with Gasteiger partial charge in [-0.1, -0.05) is 12.8 Å². The summed E-state index contributed by atoms with van der Waals surface area (Å²) in [6.07, 6.45) is 3.86. The third kappa shape index (κ3) is 3.72. The van der Waals surface area contributed by atoms with Gasteiger partial charge in [0.2, 0.25) is 0 Å². The molecule has 0 atom stereocenters. The first-order valence-electron chi connectivity index (χ1n) is 6.84. The summed E-state index contributed by atoms with van der Waals surface area (Å²) >= 11 is 0. The zero-order valence-electron chi connectivity index (χ0n) is 11.5. The van der Waals surface area contributed by atoms with Crippen molar-refractivity contribution in [3.05, 3.63) is 17.9 Å². The third-order valence-corrected chi connectivity index (χ3v) is 3.97. The Labute approximate surface area is 121 Å². The van der Waals surface area contributed by atoms with Crippen LogP contribution >= 0.6 is 0 Å². The van der Waals surface area contributed by atoms with Crippen LogP contribution in [0.2, 0.25) is 0 Å². The molecule has 1 saturated carbocycles. The number of nitrogens with one attached hydrogen (secondary N) is 1. The van der Waals surface area contributed by atoms with E-state index >= 15 is 0 Å². The van der Waals surface area contributed by atoms with Gasteiger partial charge in [-0.3, -0.25) is 0 Å². The molecule has 1 aromatic rings. The summed E-state index contributed by atoms with van der Waals surface area (Å²) in [6.45, 7) is -2.61. The molecule has 1 fully saturated rings. The maximum atomic E-state index is 13.5. The Balaban J connectivity index is 2.12. The zero-order chi connectivity index (χ0) is 15.5. The number of ether oxygens (including phenoxy) is 1. The van der Waals surface area contributed by atoms with Crippen molar-refractivity contribution in [2.75, 3.05) is 24.2 Å². The van der Waals surface area contributed by atoms with Crippen LogP contribution in [0.15, 0.2) is 12.1 Å². The van der Waals surface area contributed by atoms with E-state index in [1.807, 2.05) is 0 Å². The van der Waals surface area contributed by atoms with Gasteiger partial charge in [-0.15, -0.1) is 0 Å². The van der Waals surface area contributed by atoms with Crippen LogP contribution in [0.25, 0.3) is 0 Å². The molecule has 0 heterocycles. The van der Waals surface area contributed by atoms with E-state index in [0.29, 0.717) is 12.2 Å². The summed E-state index contributed by atoms with van der Waals surface area (Å²) in [6, 6.07) is 2.07. The number of hydrogen-bond acceptors (Lipinski definition) is 4. The highest BCUT2D eigenvalue weighted by Crippen LogP contribution is 2.38. The molecule has 0 amide bonds. The number of nitrogen functional groups attached to an aromatic ring is 1.